The summed E-state index contributed by atoms with van der Waals surface area (Å²) in [7, 11) is 0. The van der Waals surface area contributed by atoms with Gasteiger partial charge in [0, 0.05) is 30.4 Å². The number of aromatic nitrogens is 2. The molecule has 1 saturated heterocycles. The Labute approximate surface area is 172 Å². The van der Waals surface area contributed by atoms with E-state index in [4.69, 9.17) is 0 Å². The van der Waals surface area contributed by atoms with Gasteiger partial charge in [-0.1, -0.05) is 61.5 Å². The number of carbonyl (C=O) groups excluding carboxylic acids is 1. The monoisotopic (exact) mass is 388 g/mol. The highest BCUT2D eigenvalue weighted by molar-refractivity contribution is 6.07. The number of nitrogens with zero attached hydrogens (tertiary/aromatic N) is 3. The molecule has 1 aromatic heterocycles. The summed E-state index contributed by atoms with van der Waals surface area (Å²) in [4.78, 5) is 15.1. The number of piperidine rings is 1. The number of hydrogen-bond donors (Lipinski definition) is 1. The third-order valence-corrected chi connectivity index (χ3v) is 5.74. The number of amides is 1. The van der Waals surface area contributed by atoms with Crippen LogP contribution in [0.4, 0.5) is 5.82 Å². The van der Waals surface area contributed by atoms with Crippen molar-refractivity contribution in [1.29, 1.82) is 0 Å². The Morgan fingerprint density at radius 3 is 2.45 bits per heavy atom. The smallest absolute Gasteiger partial charge is 0.272 e. The van der Waals surface area contributed by atoms with Crippen LogP contribution in [0.25, 0.3) is 10.8 Å². The number of carbonyl (C=O) groups is 1. The first kappa shape index (κ1) is 19.4. The highest BCUT2D eigenvalue weighted by Gasteiger charge is 2.21. The van der Waals surface area contributed by atoms with Gasteiger partial charge in [-0.25, -0.2) is 0 Å². The minimum Gasteiger partial charge on any atom is -0.355 e. The number of rotatable bonds is 6. The minimum absolute atomic E-state index is 0.152. The fourth-order valence-corrected chi connectivity index (χ4v) is 3.93. The molecule has 3 aromatic rings. The van der Waals surface area contributed by atoms with Gasteiger partial charge in [0.1, 0.15) is 0 Å². The van der Waals surface area contributed by atoms with E-state index >= 15 is 0 Å². The Morgan fingerprint density at radius 2 is 1.69 bits per heavy atom. The Bertz CT molecular complexity index is 965. The Balaban J connectivity index is 1.46. The lowest BCUT2D eigenvalue weighted by atomic mass is 9.99. The number of aryl methyl sites for hydroxylation is 1. The van der Waals surface area contributed by atoms with E-state index in [2.05, 4.69) is 39.5 Å². The standard InChI is InChI=1S/C24H28N4O/c1-18-13-16-28(17-14-18)23-21-12-6-5-11-20(21)22(26-27-23)24(29)25-15-7-10-19-8-3-2-4-9-19/h2-6,8-9,11-12,18H,7,10,13-17H2,1H3,(H,25,29). The lowest BCUT2D eigenvalue weighted by molar-refractivity contribution is 0.0949. The van der Waals surface area contributed by atoms with Crippen molar-refractivity contribution >= 4 is 22.5 Å². The highest BCUT2D eigenvalue weighted by Crippen LogP contribution is 2.29. The molecule has 0 unspecified atom stereocenters. The maximum absolute atomic E-state index is 12.8. The van der Waals surface area contributed by atoms with Gasteiger partial charge in [-0.2, -0.15) is 0 Å². The number of fused-ring (bicyclic) bond motifs is 1. The zero-order valence-corrected chi connectivity index (χ0v) is 17.0. The van der Waals surface area contributed by atoms with Gasteiger partial charge < -0.3 is 10.2 Å². The van der Waals surface area contributed by atoms with Gasteiger partial charge in [-0.15, -0.1) is 10.2 Å². The quantitative estimate of drug-likeness (QED) is 0.642. The van der Waals surface area contributed by atoms with Crippen LogP contribution < -0.4 is 10.2 Å². The van der Waals surface area contributed by atoms with Crippen LogP contribution in [0.15, 0.2) is 54.6 Å². The predicted molar refractivity (Wildman–Crippen MR) is 117 cm³/mol. The maximum Gasteiger partial charge on any atom is 0.272 e. The summed E-state index contributed by atoms with van der Waals surface area (Å²) in [5.74, 6) is 1.50. The summed E-state index contributed by atoms with van der Waals surface area (Å²) in [5, 5.41) is 13.7. The van der Waals surface area contributed by atoms with Crippen LogP contribution in [0.1, 0.15) is 42.2 Å². The second kappa shape index (κ2) is 9.03. The molecule has 150 valence electrons. The third-order valence-electron chi connectivity index (χ3n) is 5.74. The maximum atomic E-state index is 12.8. The average molecular weight is 389 g/mol. The van der Waals surface area contributed by atoms with Gasteiger partial charge >= 0.3 is 0 Å². The summed E-state index contributed by atoms with van der Waals surface area (Å²) >= 11 is 0. The average Bonchev–Trinajstić information content (AvgIpc) is 2.77. The summed E-state index contributed by atoms with van der Waals surface area (Å²) < 4.78 is 0. The van der Waals surface area contributed by atoms with Gasteiger partial charge in [-0.05, 0) is 37.2 Å². The van der Waals surface area contributed by atoms with Gasteiger partial charge in [0.05, 0.1) is 0 Å². The largest absolute Gasteiger partial charge is 0.355 e. The van der Waals surface area contributed by atoms with E-state index in [0.717, 1.165) is 48.4 Å². The van der Waals surface area contributed by atoms with E-state index in [1.54, 1.807) is 0 Å². The molecule has 0 spiro atoms. The van der Waals surface area contributed by atoms with Crippen molar-refractivity contribution in [2.24, 2.45) is 5.92 Å². The normalized spacial score (nSPS) is 14.9. The van der Waals surface area contributed by atoms with Gasteiger partial charge in [0.15, 0.2) is 11.5 Å². The first-order valence-corrected chi connectivity index (χ1v) is 10.5. The van der Waals surface area contributed by atoms with E-state index in [9.17, 15) is 4.79 Å². The van der Waals surface area contributed by atoms with Crippen LogP contribution in [-0.4, -0.2) is 35.7 Å². The van der Waals surface area contributed by atoms with Crippen molar-refractivity contribution in [2.75, 3.05) is 24.5 Å². The molecule has 1 N–H and O–H groups in total. The lowest BCUT2D eigenvalue weighted by Crippen LogP contribution is -2.34. The molecule has 2 aromatic carbocycles. The summed E-state index contributed by atoms with van der Waals surface area (Å²) in [6.45, 7) is 4.90. The first-order valence-electron chi connectivity index (χ1n) is 10.5. The zero-order valence-electron chi connectivity index (χ0n) is 17.0. The molecule has 0 saturated carbocycles. The summed E-state index contributed by atoms with van der Waals surface area (Å²) in [6.07, 6.45) is 4.17. The third kappa shape index (κ3) is 4.56. The van der Waals surface area contributed by atoms with Crippen molar-refractivity contribution in [3.05, 3.63) is 65.9 Å². The van der Waals surface area contributed by atoms with Crippen LogP contribution in [0.3, 0.4) is 0 Å². The Hall–Kier alpha value is -2.95. The molecule has 1 aliphatic heterocycles. The van der Waals surface area contributed by atoms with Crippen molar-refractivity contribution < 1.29 is 4.79 Å². The molecule has 0 atom stereocenters. The van der Waals surface area contributed by atoms with Crippen LogP contribution in [-0.2, 0) is 6.42 Å². The minimum atomic E-state index is -0.152. The number of anilines is 1. The number of benzene rings is 2. The lowest BCUT2D eigenvalue weighted by Gasteiger charge is -2.31. The molecule has 1 amide bonds. The Kier molecular flexibility index (Phi) is 6.03. The number of hydrogen-bond acceptors (Lipinski definition) is 4. The molecule has 5 heteroatoms. The Morgan fingerprint density at radius 1 is 1.00 bits per heavy atom. The molecule has 29 heavy (non-hydrogen) atoms. The van der Waals surface area contributed by atoms with Crippen LogP contribution in [0.5, 0.6) is 0 Å². The summed E-state index contributed by atoms with van der Waals surface area (Å²) in [6, 6.07) is 18.3. The van der Waals surface area contributed by atoms with E-state index in [1.807, 2.05) is 42.5 Å². The van der Waals surface area contributed by atoms with Gasteiger partial charge in [-0.3, -0.25) is 4.79 Å². The molecular formula is C24H28N4O. The highest BCUT2D eigenvalue weighted by atomic mass is 16.1. The van der Waals surface area contributed by atoms with Crippen LogP contribution in [0.2, 0.25) is 0 Å². The van der Waals surface area contributed by atoms with Crippen LogP contribution >= 0.6 is 0 Å². The molecule has 0 aliphatic carbocycles. The zero-order chi connectivity index (χ0) is 20.1. The topological polar surface area (TPSA) is 58.1 Å². The fourth-order valence-electron chi connectivity index (χ4n) is 3.93. The van der Waals surface area contributed by atoms with E-state index in [0.29, 0.717) is 12.2 Å². The molecule has 1 fully saturated rings. The molecule has 5 nitrogen and oxygen atoms in total. The van der Waals surface area contributed by atoms with Gasteiger partial charge in [0.2, 0.25) is 0 Å². The fraction of sp³-hybridized carbons (Fsp3) is 0.375. The van der Waals surface area contributed by atoms with Gasteiger partial charge in [0.25, 0.3) is 5.91 Å². The molecule has 2 heterocycles. The van der Waals surface area contributed by atoms with E-state index in [1.165, 1.54) is 18.4 Å². The molecule has 0 bridgehead atoms. The van der Waals surface area contributed by atoms with Crippen molar-refractivity contribution in [1.82, 2.24) is 15.5 Å². The molecular weight excluding hydrogens is 360 g/mol. The van der Waals surface area contributed by atoms with Crippen LogP contribution in [0, 0.1) is 5.92 Å². The SMILES string of the molecule is CC1CCN(c2nnc(C(=O)NCCCc3ccccc3)c3ccccc23)CC1. The van der Waals surface area contributed by atoms with E-state index < -0.39 is 0 Å². The number of nitrogens with one attached hydrogen (secondary N) is 1. The van der Waals surface area contributed by atoms with Crippen molar-refractivity contribution in [3.63, 3.8) is 0 Å². The van der Waals surface area contributed by atoms with E-state index in [-0.39, 0.29) is 5.91 Å². The first-order chi connectivity index (χ1) is 14.2. The molecule has 4 rings (SSSR count). The second-order valence-corrected chi connectivity index (χ2v) is 7.93. The second-order valence-electron chi connectivity index (χ2n) is 7.93. The predicted octanol–water partition coefficient (Wildman–Crippen LogP) is 4.23. The molecule has 0 radical (unpaired) electrons. The molecule has 1 aliphatic rings. The summed E-state index contributed by atoms with van der Waals surface area (Å²) in [5.41, 5.74) is 1.70. The van der Waals surface area contributed by atoms with Crippen molar-refractivity contribution in [3.8, 4) is 0 Å². The van der Waals surface area contributed by atoms with Crippen molar-refractivity contribution in [2.45, 2.75) is 32.6 Å².